The van der Waals surface area contributed by atoms with Gasteiger partial charge in [-0.05, 0) is 18.2 Å². The molecule has 0 heterocycles. The smallest absolute Gasteiger partial charge is 0.342 e. The van der Waals surface area contributed by atoms with Gasteiger partial charge >= 0.3 is 17.9 Å². The minimum atomic E-state index is -1.80. The van der Waals surface area contributed by atoms with Crippen LogP contribution in [-0.4, -0.2) is 70.9 Å². The van der Waals surface area contributed by atoms with Gasteiger partial charge in [-0.25, -0.2) is 14.4 Å². The molecule has 0 radical (unpaired) electrons. The first-order valence-corrected chi connectivity index (χ1v) is 7.23. The molecule has 4 N–H and O–H groups in total. The van der Waals surface area contributed by atoms with Crippen LogP contribution in [0.5, 0.6) is 11.5 Å². The van der Waals surface area contributed by atoms with E-state index in [9.17, 15) is 24.6 Å². The first-order chi connectivity index (χ1) is 12.3. The SMILES string of the molecule is COC(=O)C=Cc1ccc(OC(=O)C(O)CO)cc1OC(=O)C(O)CO. The number of ether oxygens (including phenoxy) is 3. The normalized spacial score (nSPS) is 13.1. The van der Waals surface area contributed by atoms with Crippen molar-refractivity contribution in [2.75, 3.05) is 20.3 Å². The van der Waals surface area contributed by atoms with Crippen molar-refractivity contribution < 1.29 is 49.0 Å². The zero-order valence-electron chi connectivity index (χ0n) is 13.7. The average molecular weight is 370 g/mol. The monoisotopic (exact) mass is 370 g/mol. The molecule has 10 heteroatoms. The maximum atomic E-state index is 11.6. The molecular formula is C16H18O10. The first-order valence-electron chi connectivity index (χ1n) is 7.23. The van der Waals surface area contributed by atoms with E-state index in [1.807, 2.05) is 0 Å². The van der Waals surface area contributed by atoms with Crippen molar-refractivity contribution in [2.45, 2.75) is 12.2 Å². The maximum absolute atomic E-state index is 11.6. The van der Waals surface area contributed by atoms with Gasteiger partial charge in [0.25, 0.3) is 0 Å². The highest BCUT2D eigenvalue weighted by molar-refractivity contribution is 5.88. The second-order valence-corrected chi connectivity index (χ2v) is 4.80. The van der Waals surface area contributed by atoms with Crippen LogP contribution in [0.25, 0.3) is 6.08 Å². The van der Waals surface area contributed by atoms with Crippen LogP contribution in [0.1, 0.15) is 5.56 Å². The summed E-state index contributed by atoms with van der Waals surface area (Å²) in [5, 5.41) is 36.0. The molecular weight excluding hydrogens is 352 g/mol. The molecule has 142 valence electrons. The van der Waals surface area contributed by atoms with E-state index < -0.39 is 43.3 Å². The van der Waals surface area contributed by atoms with Crippen molar-refractivity contribution in [1.29, 1.82) is 0 Å². The Labute approximate surface area is 147 Å². The summed E-state index contributed by atoms with van der Waals surface area (Å²) in [6.07, 6.45) is -1.27. The fraction of sp³-hybridized carbons (Fsp3) is 0.312. The van der Waals surface area contributed by atoms with E-state index in [1.165, 1.54) is 25.3 Å². The molecule has 2 unspecified atom stereocenters. The molecule has 0 fully saturated rings. The van der Waals surface area contributed by atoms with Crippen molar-refractivity contribution in [3.63, 3.8) is 0 Å². The summed E-state index contributed by atoms with van der Waals surface area (Å²) in [5.74, 6) is -3.35. The highest BCUT2D eigenvalue weighted by Gasteiger charge is 2.20. The Kier molecular flexibility index (Phi) is 8.38. The lowest BCUT2D eigenvalue weighted by Gasteiger charge is -2.13. The predicted octanol–water partition coefficient (Wildman–Crippen LogP) is -1.61. The summed E-state index contributed by atoms with van der Waals surface area (Å²) in [5.41, 5.74) is 0.191. The molecule has 0 amide bonds. The van der Waals surface area contributed by atoms with Gasteiger partial charge in [-0.1, -0.05) is 0 Å². The van der Waals surface area contributed by atoms with Crippen LogP contribution in [0.3, 0.4) is 0 Å². The number of hydrogen-bond donors (Lipinski definition) is 4. The fourth-order valence-electron chi connectivity index (χ4n) is 1.54. The molecule has 2 atom stereocenters. The molecule has 0 aromatic heterocycles. The number of carbonyl (C=O) groups is 3. The summed E-state index contributed by atoms with van der Waals surface area (Å²) in [6.45, 7) is -1.72. The Balaban J connectivity index is 3.13. The third-order valence-corrected chi connectivity index (χ3v) is 2.90. The van der Waals surface area contributed by atoms with Gasteiger partial charge in [-0.3, -0.25) is 0 Å². The van der Waals surface area contributed by atoms with Crippen LogP contribution in [-0.2, 0) is 19.1 Å². The molecule has 0 aliphatic rings. The number of esters is 3. The van der Waals surface area contributed by atoms with Gasteiger partial charge in [-0.2, -0.15) is 0 Å². The van der Waals surface area contributed by atoms with Gasteiger partial charge in [0.1, 0.15) is 11.5 Å². The standard InChI is InChI=1S/C16H18O10/c1-24-14(21)5-3-9-2-4-10(25-15(22)11(19)7-17)6-13(9)26-16(23)12(20)8-18/h2-6,11-12,17-20H,7-8H2,1H3. The molecule has 1 rings (SSSR count). The average Bonchev–Trinajstić information content (AvgIpc) is 2.65. The van der Waals surface area contributed by atoms with Crippen LogP contribution in [0.2, 0.25) is 0 Å². The molecule has 0 aliphatic carbocycles. The highest BCUT2D eigenvalue weighted by Crippen LogP contribution is 2.27. The Morgan fingerprint density at radius 3 is 2.15 bits per heavy atom. The number of methoxy groups -OCH3 is 1. The fourth-order valence-corrected chi connectivity index (χ4v) is 1.54. The molecule has 0 saturated heterocycles. The van der Waals surface area contributed by atoms with Crippen LogP contribution < -0.4 is 9.47 Å². The Hall–Kier alpha value is -2.79. The van der Waals surface area contributed by atoms with E-state index in [2.05, 4.69) is 4.74 Å². The van der Waals surface area contributed by atoms with E-state index in [4.69, 9.17) is 19.7 Å². The Morgan fingerprint density at radius 2 is 1.62 bits per heavy atom. The zero-order chi connectivity index (χ0) is 19.7. The van der Waals surface area contributed by atoms with Crippen molar-refractivity contribution in [3.8, 4) is 11.5 Å². The number of aliphatic hydroxyl groups is 4. The molecule has 0 spiro atoms. The van der Waals surface area contributed by atoms with Gasteiger partial charge in [0.2, 0.25) is 0 Å². The van der Waals surface area contributed by atoms with Gasteiger partial charge in [0, 0.05) is 17.7 Å². The largest absolute Gasteiger partial charge is 0.466 e. The second-order valence-electron chi connectivity index (χ2n) is 4.80. The van der Waals surface area contributed by atoms with Crippen molar-refractivity contribution in [3.05, 3.63) is 29.8 Å². The van der Waals surface area contributed by atoms with E-state index in [0.29, 0.717) is 0 Å². The maximum Gasteiger partial charge on any atom is 0.342 e. The predicted molar refractivity (Wildman–Crippen MR) is 84.9 cm³/mol. The lowest BCUT2D eigenvalue weighted by Crippen LogP contribution is -2.29. The molecule has 1 aromatic carbocycles. The van der Waals surface area contributed by atoms with Gasteiger partial charge in [0.15, 0.2) is 12.2 Å². The van der Waals surface area contributed by atoms with E-state index in [1.54, 1.807) is 0 Å². The third-order valence-electron chi connectivity index (χ3n) is 2.90. The summed E-state index contributed by atoms with van der Waals surface area (Å²) in [6, 6.07) is 3.68. The molecule has 26 heavy (non-hydrogen) atoms. The lowest BCUT2D eigenvalue weighted by molar-refractivity contribution is -0.145. The number of rotatable bonds is 8. The number of aliphatic hydroxyl groups excluding tert-OH is 4. The number of benzene rings is 1. The van der Waals surface area contributed by atoms with E-state index >= 15 is 0 Å². The van der Waals surface area contributed by atoms with Crippen molar-refractivity contribution >= 4 is 24.0 Å². The van der Waals surface area contributed by atoms with Gasteiger partial charge < -0.3 is 34.6 Å². The lowest BCUT2D eigenvalue weighted by atomic mass is 10.1. The quantitative estimate of drug-likeness (QED) is 0.238. The van der Waals surface area contributed by atoms with E-state index in [-0.39, 0.29) is 17.1 Å². The zero-order valence-corrected chi connectivity index (χ0v) is 13.7. The second kappa shape index (κ2) is 10.3. The molecule has 0 saturated carbocycles. The molecule has 0 aliphatic heterocycles. The Morgan fingerprint density at radius 1 is 1.04 bits per heavy atom. The van der Waals surface area contributed by atoms with Crippen molar-refractivity contribution in [2.24, 2.45) is 0 Å². The number of carbonyl (C=O) groups excluding carboxylic acids is 3. The molecule has 1 aromatic rings. The van der Waals surface area contributed by atoms with Gasteiger partial charge in [0.05, 0.1) is 20.3 Å². The van der Waals surface area contributed by atoms with Crippen LogP contribution in [0.4, 0.5) is 0 Å². The van der Waals surface area contributed by atoms with E-state index in [0.717, 1.165) is 12.1 Å². The summed E-state index contributed by atoms with van der Waals surface area (Å²) in [7, 11) is 1.17. The van der Waals surface area contributed by atoms with Crippen LogP contribution in [0, 0.1) is 0 Å². The topological polar surface area (TPSA) is 160 Å². The molecule has 0 bridgehead atoms. The minimum absolute atomic E-state index is 0.140. The van der Waals surface area contributed by atoms with Crippen LogP contribution in [0.15, 0.2) is 24.3 Å². The minimum Gasteiger partial charge on any atom is -0.466 e. The van der Waals surface area contributed by atoms with Crippen LogP contribution >= 0.6 is 0 Å². The summed E-state index contributed by atoms with van der Waals surface area (Å²) in [4.78, 5) is 34.3. The summed E-state index contributed by atoms with van der Waals surface area (Å²) < 4.78 is 14.2. The first kappa shape index (κ1) is 21.3. The third kappa shape index (κ3) is 6.26. The molecule has 10 nitrogen and oxygen atoms in total. The summed E-state index contributed by atoms with van der Waals surface area (Å²) >= 11 is 0. The van der Waals surface area contributed by atoms with Gasteiger partial charge in [-0.15, -0.1) is 0 Å². The number of hydrogen-bond acceptors (Lipinski definition) is 10. The van der Waals surface area contributed by atoms with Crippen molar-refractivity contribution in [1.82, 2.24) is 0 Å². The highest BCUT2D eigenvalue weighted by atomic mass is 16.6. The Bertz CT molecular complexity index is 682.